The van der Waals surface area contributed by atoms with Crippen LogP contribution < -0.4 is 16.0 Å². The van der Waals surface area contributed by atoms with Crippen molar-refractivity contribution in [3.8, 4) is 0 Å². The van der Waals surface area contributed by atoms with Gasteiger partial charge in [-0.25, -0.2) is 0 Å². The topological polar surface area (TPSA) is 454 Å². The van der Waals surface area contributed by atoms with Gasteiger partial charge in [-0.15, -0.1) is 0 Å². The Labute approximate surface area is 375 Å². The summed E-state index contributed by atoms with van der Waals surface area (Å²) < 4.78 is 51.7. The van der Waals surface area contributed by atoms with Gasteiger partial charge in [0.1, 0.15) is 122 Å². The van der Waals surface area contributed by atoms with Crippen molar-refractivity contribution in [3.63, 3.8) is 0 Å². The molecule has 66 heavy (non-hydrogen) atoms. The monoisotopic (exact) mass is 965 g/mol. The maximum absolute atomic E-state index is 12.6. The average molecular weight is 966 g/mol. The molecule has 0 aromatic heterocycles. The molecule has 0 aromatic rings. The molecular weight excluding hydrogens is 902 g/mol. The minimum atomic E-state index is -2.19. The zero-order valence-corrected chi connectivity index (χ0v) is 35.8. The molecule has 10 unspecified atom stereocenters. The molecule has 0 aromatic carbocycles. The fourth-order valence-corrected chi connectivity index (χ4v) is 8.14. The predicted molar refractivity (Wildman–Crippen MR) is 206 cm³/mol. The minimum Gasteiger partial charge on any atom is -0.394 e. The van der Waals surface area contributed by atoms with E-state index in [1.807, 2.05) is 0 Å². The largest absolute Gasteiger partial charge is 0.394 e. The number of carbonyl (C=O) groups is 3. The Morgan fingerprint density at radius 1 is 0.439 bits per heavy atom. The minimum absolute atomic E-state index is 0.0174. The molecule has 17 N–H and O–H groups in total. The lowest BCUT2D eigenvalue weighted by atomic mass is 9.93. The van der Waals surface area contributed by atoms with Crippen LogP contribution in [0.4, 0.5) is 0 Å². The normalized spacial score (nSPS) is 46.6. The second kappa shape index (κ2) is 23.9. The van der Waals surface area contributed by atoms with Crippen LogP contribution in [0.5, 0.6) is 0 Å². The van der Waals surface area contributed by atoms with E-state index in [0.717, 1.165) is 13.8 Å². The molecule has 5 heterocycles. The van der Waals surface area contributed by atoms with Gasteiger partial charge in [-0.3, -0.25) is 14.4 Å². The molecule has 5 aliphatic heterocycles. The third kappa shape index (κ3) is 12.1. The summed E-state index contributed by atoms with van der Waals surface area (Å²) in [5.41, 5.74) is 0. The van der Waals surface area contributed by atoms with Gasteiger partial charge in [0.05, 0.1) is 33.0 Å². The Kier molecular flexibility index (Phi) is 19.7. The Hall–Kier alpha value is -2.51. The highest BCUT2D eigenvalue weighted by Gasteiger charge is 2.56. The maximum Gasteiger partial charge on any atom is 0.221 e. The molecule has 5 aliphatic rings. The van der Waals surface area contributed by atoms with Crippen LogP contribution in [0, 0.1) is 0 Å². The molecule has 29 heteroatoms. The first kappa shape index (κ1) is 54.4. The molecule has 0 spiro atoms. The number of hydrogen-bond acceptors (Lipinski definition) is 26. The lowest BCUT2D eigenvalue weighted by Crippen LogP contribution is -2.71. The zero-order valence-electron chi connectivity index (χ0n) is 35.8. The highest BCUT2D eigenvalue weighted by molar-refractivity contribution is 5.76. The third-order valence-corrected chi connectivity index (χ3v) is 11.8. The van der Waals surface area contributed by atoms with Crippen LogP contribution in [0.1, 0.15) is 27.2 Å². The van der Waals surface area contributed by atoms with Gasteiger partial charge in [0.15, 0.2) is 31.4 Å². The zero-order chi connectivity index (χ0) is 48.9. The maximum atomic E-state index is 12.6. The lowest BCUT2D eigenvalue weighted by Gasteiger charge is -2.50. The van der Waals surface area contributed by atoms with E-state index in [-0.39, 0.29) is 6.42 Å². The first-order valence-electron chi connectivity index (χ1n) is 21.1. The van der Waals surface area contributed by atoms with Crippen molar-refractivity contribution in [1.82, 2.24) is 16.0 Å². The summed E-state index contributed by atoms with van der Waals surface area (Å²) in [5.74, 6) is -2.00. The fourth-order valence-electron chi connectivity index (χ4n) is 8.14. The van der Waals surface area contributed by atoms with E-state index in [1.165, 1.54) is 6.92 Å². The summed E-state index contributed by atoms with van der Waals surface area (Å²) in [6, 6.07) is -3.09. The van der Waals surface area contributed by atoms with E-state index >= 15 is 0 Å². The van der Waals surface area contributed by atoms with Crippen LogP contribution in [0.15, 0.2) is 0 Å². The molecule has 25 atom stereocenters. The molecule has 382 valence electrons. The molecule has 0 saturated carbocycles. The molecule has 3 amide bonds. The highest BCUT2D eigenvalue weighted by atomic mass is 16.8. The van der Waals surface area contributed by atoms with E-state index in [2.05, 4.69) is 16.0 Å². The molecule has 0 radical (unpaired) electrons. The van der Waals surface area contributed by atoms with Crippen molar-refractivity contribution in [3.05, 3.63) is 0 Å². The molecule has 0 bridgehead atoms. The van der Waals surface area contributed by atoms with E-state index in [1.54, 1.807) is 0 Å². The van der Waals surface area contributed by atoms with Crippen LogP contribution in [0.3, 0.4) is 0 Å². The van der Waals surface area contributed by atoms with Gasteiger partial charge in [-0.05, 0) is 0 Å². The number of hydrogen-bond donors (Lipinski definition) is 17. The second-order valence-electron chi connectivity index (χ2n) is 16.4. The summed E-state index contributed by atoms with van der Waals surface area (Å²) in [6.45, 7) is -0.748. The molecule has 5 fully saturated rings. The number of amides is 3. The van der Waals surface area contributed by atoms with E-state index in [0.29, 0.717) is 0 Å². The average Bonchev–Trinajstić information content (AvgIpc) is 3.28. The third-order valence-electron chi connectivity index (χ3n) is 11.8. The highest BCUT2D eigenvalue weighted by Crippen LogP contribution is 2.35. The van der Waals surface area contributed by atoms with Crippen molar-refractivity contribution in [2.75, 3.05) is 33.0 Å². The summed E-state index contributed by atoms with van der Waals surface area (Å²) >= 11 is 0. The summed E-state index contributed by atoms with van der Waals surface area (Å²) in [4.78, 5) is 37.0. The van der Waals surface area contributed by atoms with Crippen molar-refractivity contribution in [1.29, 1.82) is 0 Å². The smallest absolute Gasteiger partial charge is 0.221 e. The van der Waals surface area contributed by atoms with E-state index in [9.17, 15) is 85.9 Å². The van der Waals surface area contributed by atoms with Crippen LogP contribution >= 0.6 is 0 Å². The Morgan fingerprint density at radius 3 is 1.39 bits per heavy atom. The summed E-state index contributed by atoms with van der Waals surface area (Å²) in [5, 5.41) is 156. The standard InChI is InChI=1S/C37H63N3O26/c1-4-17(47)40-33-18(38-10(2)45)23(51)30(14(7-43)59-33)64-34-19(39-11(3)46)24(52)31(15(8-44)62-34)65-37-29(57)32(66-36-28(56)26(54)21(49)13(6-42)61-36)22(50)16(63-37)9-58-35-27(55)25(53)20(48)12(5-41)60-35/h12-16,18-37,41-44,48-57H,4-9H2,1-3H3,(H,38,45)(H,39,46)(H,40,47)/t12?,13-,14?,15?,16?,18?,19?,20+,21+,22+,23+,24+,25-,26?,27?,28?,29?,30+,31+,32-,33+,34-,35-,36+,37-/m0/s1. The second-order valence-corrected chi connectivity index (χ2v) is 16.4. The van der Waals surface area contributed by atoms with Crippen LogP contribution in [0.2, 0.25) is 0 Å². The first-order valence-corrected chi connectivity index (χ1v) is 21.1. The van der Waals surface area contributed by atoms with Crippen LogP contribution in [-0.2, 0) is 57.0 Å². The van der Waals surface area contributed by atoms with Gasteiger partial charge in [0.25, 0.3) is 0 Å². The lowest BCUT2D eigenvalue weighted by molar-refractivity contribution is -0.383. The Balaban J connectivity index is 1.42. The molecule has 0 aliphatic carbocycles. The van der Waals surface area contributed by atoms with E-state index in [4.69, 9.17) is 42.6 Å². The number of carbonyl (C=O) groups excluding carboxylic acids is 3. The van der Waals surface area contributed by atoms with E-state index < -0.39 is 204 Å². The first-order chi connectivity index (χ1) is 31.2. The SMILES string of the molecule is CCC(=O)N[C@@H]1OC(CO)[C@@H](O[C@@H]2OC(CO)[C@@H](O[C@@H]3OC(CO[C@H]4OC(CO)[C@@H](O)[C@H](O)C4O)[C@@H](O)[C@H](O[C@H]4O[C@@H](CO)[C@@H](O)C(O)C4O)C3O)[C@H](O)C2NC(C)=O)[C@H](O)C1NC(C)=O. The van der Waals surface area contributed by atoms with Crippen molar-refractivity contribution in [2.45, 2.75) is 181 Å². The molecule has 5 saturated heterocycles. The Bertz CT molecular complexity index is 1570. The van der Waals surface area contributed by atoms with Gasteiger partial charge in [0, 0.05) is 20.3 Å². The van der Waals surface area contributed by atoms with Gasteiger partial charge >= 0.3 is 0 Å². The van der Waals surface area contributed by atoms with Crippen LogP contribution in [-0.4, -0.2) is 276 Å². The van der Waals surface area contributed by atoms with Gasteiger partial charge < -0.3 is 130 Å². The van der Waals surface area contributed by atoms with Crippen molar-refractivity contribution < 1.29 is 129 Å². The predicted octanol–water partition coefficient (Wildman–Crippen LogP) is -11.1. The number of rotatable bonds is 17. The Morgan fingerprint density at radius 2 is 0.864 bits per heavy atom. The van der Waals surface area contributed by atoms with Crippen molar-refractivity contribution in [2.24, 2.45) is 0 Å². The number of aliphatic hydroxyl groups excluding tert-OH is 14. The van der Waals surface area contributed by atoms with Crippen LogP contribution in [0.25, 0.3) is 0 Å². The number of nitrogens with one attached hydrogen (secondary N) is 3. The summed E-state index contributed by atoms with van der Waals surface area (Å²) in [7, 11) is 0. The van der Waals surface area contributed by atoms with Gasteiger partial charge in [-0.1, -0.05) is 6.92 Å². The van der Waals surface area contributed by atoms with Gasteiger partial charge in [0.2, 0.25) is 17.7 Å². The number of ether oxygens (including phenoxy) is 9. The van der Waals surface area contributed by atoms with Gasteiger partial charge in [-0.2, -0.15) is 0 Å². The molecule has 5 rings (SSSR count). The summed E-state index contributed by atoms with van der Waals surface area (Å²) in [6.07, 6.45) is -41.9. The quantitative estimate of drug-likeness (QED) is 0.0643. The molecule has 29 nitrogen and oxygen atoms in total. The molecular formula is C37H63N3O26. The number of aliphatic hydroxyl groups is 14. The fraction of sp³-hybridized carbons (Fsp3) is 0.919. The van der Waals surface area contributed by atoms with Crippen molar-refractivity contribution >= 4 is 17.7 Å².